The van der Waals surface area contributed by atoms with Gasteiger partial charge in [0.25, 0.3) is 11.8 Å². The number of carboxylic acids is 1. The van der Waals surface area contributed by atoms with E-state index in [2.05, 4.69) is 24.8 Å². The summed E-state index contributed by atoms with van der Waals surface area (Å²) in [7, 11) is 1.26. The number of nitrogens with one attached hydrogen (secondary N) is 1. The first kappa shape index (κ1) is 21.7. The molecule has 0 radical (unpaired) electrons. The van der Waals surface area contributed by atoms with E-state index in [1.165, 1.54) is 23.8 Å². The van der Waals surface area contributed by atoms with E-state index < -0.39 is 29.9 Å². The van der Waals surface area contributed by atoms with Crippen molar-refractivity contribution in [1.82, 2.24) is 24.6 Å². The van der Waals surface area contributed by atoms with Gasteiger partial charge in [0, 0.05) is 33.7 Å². The number of amides is 2. The smallest absolute Gasteiger partial charge is 0.353 e. The highest BCUT2D eigenvalue weighted by molar-refractivity contribution is 8.03. The van der Waals surface area contributed by atoms with Gasteiger partial charge >= 0.3 is 5.97 Å². The number of nitrogens with zero attached hydrogens (tertiary/aromatic N) is 5. The molecule has 2 aromatic heterocycles. The molecule has 1 saturated heterocycles. The van der Waals surface area contributed by atoms with E-state index in [-0.39, 0.29) is 22.4 Å². The van der Waals surface area contributed by atoms with Crippen molar-refractivity contribution < 1.29 is 24.3 Å². The molecule has 166 valence electrons. The van der Waals surface area contributed by atoms with E-state index in [0.29, 0.717) is 17.7 Å². The summed E-state index contributed by atoms with van der Waals surface area (Å²) < 4.78 is 3.94. The molecule has 0 aliphatic carbocycles. The van der Waals surface area contributed by atoms with Crippen molar-refractivity contribution in [1.29, 1.82) is 0 Å². The van der Waals surface area contributed by atoms with E-state index in [1.54, 1.807) is 24.5 Å². The largest absolute Gasteiger partial charge is 0.477 e. The predicted octanol–water partition coefficient (Wildman–Crippen LogP) is 0.444. The molecule has 2 atom stereocenters. The maximum absolute atomic E-state index is 12.8. The van der Waals surface area contributed by atoms with Crippen LogP contribution >= 0.6 is 23.3 Å². The number of aliphatic carboxylic acids is 1. The minimum absolute atomic E-state index is 0.0266. The van der Waals surface area contributed by atoms with Gasteiger partial charge in [-0.1, -0.05) is 16.9 Å². The molecule has 32 heavy (non-hydrogen) atoms. The van der Waals surface area contributed by atoms with Crippen molar-refractivity contribution in [2.45, 2.75) is 29.8 Å². The van der Waals surface area contributed by atoms with Gasteiger partial charge in [0.2, 0.25) is 11.5 Å². The van der Waals surface area contributed by atoms with E-state index in [9.17, 15) is 19.5 Å². The number of hydrogen-bond acceptors (Lipinski definition) is 11. The molecule has 4 rings (SSSR count). The Hall–Kier alpha value is -3.52. The molecule has 12 nitrogen and oxygen atoms in total. The first-order valence-corrected chi connectivity index (χ1v) is 10.9. The summed E-state index contributed by atoms with van der Waals surface area (Å²) in [5, 5.41) is 16.2. The van der Waals surface area contributed by atoms with Gasteiger partial charge in [0.1, 0.15) is 18.8 Å². The number of hydrogen-bond donors (Lipinski definition) is 3. The van der Waals surface area contributed by atoms with E-state index in [1.807, 2.05) is 0 Å². The highest BCUT2D eigenvalue weighted by atomic mass is 32.2. The van der Waals surface area contributed by atoms with Crippen LogP contribution in [0.1, 0.15) is 18.7 Å². The number of nitrogen functional groups attached to an aromatic ring is 1. The van der Waals surface area contributed by atoms with Crippen LogP contribution in [0.5, 0.6) is 0 Å². The number of β-lactam (4-membered cyclic amide) rings is 1. The molecule has 2 amide bonds. The number of anilines is 1. The molecule has 2 aliphatic heterocycles. The number of allylic oxidation sites excluding steroid dienone is 1. The summed E-state index contributed by atoms with van der Waals surface area (Å²) in [6, 6.07) is 2.14. The van der Waals surface area contributed by atoms with Crippen molar-refractivity contribution in [3.05, 3.63) is 41.0 Å². The van der Waals surface area contributed by atoms with Crippen molar-refractivity contribution in [2.24, 2.45) is 5.16 Å². The molecule has 4 N–H and O–H groups in total. The van der Waals surface area contributed by atoms with Gasteiger partial charge in [0.05, 0.1) is 6.04 Å². The van der Waals surface area contributed by atoms with E-state index >= 15 is 0 Å². The molecule has 0 unspecified atom stereocenters. The van der Waals surface area contributed by atoms with Gasteiger partial charge < -0.3 is 21.0 Å². The number of fused-ring (bicyclic) bond motifs is 1. The quantitative estimate of drug-likeness (QED) is 0.290. The molecule has 2 aliphatic rings. The molecule has 14 heteroatoms. The zero-order valence-corrected chi connectivity index (χ0v) is 18.2. The number of carboxylic acid groups (broad SMARTS) is 1. The second-order valence-corrected chi connectivity index (χ2v) is 8.66. The van der Waals surface area contributed by atoms with Crippen LogP contribution in [-0.4, -0.2) is 67.0 Å². The van der Waals surface area contributed by atoms with Gasteiger partial charge in [-0.15, -0.1) is 0 Å². The van der Waals surface area contributed by atoms with Crippen LogP contribution < -0.4 is 11.1 Å². The normalized spacial score (nSPS) is 20.5. The van der Waals surface area contributed by atoms with Crippen LogP contribution in [0.3, 0.4) is 0 Å². The van der Waals surface area contributed by atoms with Crippen LogP contribution in [0.2, 0.25) is 0 Å². The number of rotatable bonds is 7. The standard InChI is InChI=1S/C18H17N7O5S2/c1-30-23-12(14-22-18(19)32-24-14)15(26)21-11-9-2-3-10(31-8-4-6-20-7-5-8)13(17(28)29)25(9)16(11)27/h4-7,9,11H,2-3H2,1H3,(H,21,26)(H,28,29)(H2,19,22,24)/t9-,11+/m1/s1. The lowest BCUT2D eigenvalue weighted by Crippen LogP contribution is -2.72. The Morgan fingerprint density at radius 1 is 1.41 bits per heavy atom. The third-order valence-electron chi connectivity index (χ3n) is 4.82. The van der Waals surface area contributed by atoms with Gasteiger partial charge in [-0.2, -0.15) is 9.36 Å². The lowest BCUT2D eigenvalue weighted by molar-refractivity contribution is -0.155. The molecular formula is C18H17N7O5S2. The minimum atomic E-state index is -1.20. The number of carbonyl (C=O) groups excluding carboxylic acids is 2. The summed E-state index contributed by atoms with van der Waals surface area (Å²) in [4.78, 5) is 52.7. The topological polar surface area (TPSA) is 173 Å². The van der Waals surface area contributed by atoms with Crippen molar-refractivity contribution in [3.63, 3.8) is 0 Å². The van der Waals surface area contributed by atoms with Crippen LogP contribution in [0.15, 0.2) is 45.2 Å². The Morgan fingerprint density at radius 3 is 2.78 bits per heavy atom. The van der Waals surface area contributed by atoms with Gasteiger partial charge in [-0.3, -0.25) is 19.5 Å². The van der Waals surface area contributed by atoms with E-state index in [4.69, 9.17) is 10.6 Å². The Balaban J connectivity index is 1.53. The number of nitrogens with two attached hydrogens (primary N) is 1. The van der Waals surface area contributed by atoms with Crippen LogP contribution in [0, 0.1) is 0 Å². The zero-order valence-electron chi connectivity index (χ0n) is 16.6. The summed E-state index contributed by atoms with van der Waals surface area (Å²) in [5.41, 5.74) is 5.26. The zero-order chi connectivity index (χ0) is 22.8. The highest BCUT2D eigenvalue weighted by Gasteiger charge is 2.53. The molecule has 0 saturated carbocycles. The highest BCUT2D eigenvalue weighted by Crippen LogP contribution is 2.43. The molecule has 4 heterocycles. The fourth-order valence-corrected chi connectivity index (χ4v) is 4.97. The minimum Gasteiger partial charge on any atom is -0.477 e. The van der Waals surface area contributed by atoms with Crippen LogP contribution in [-0.2, 0) is 19.2 Å². The molecule has 1 fully saturated rings. The SMILES string of the molecule is CON=C(C(=O)N[C@@H]1C(=O)N2C(C(=O)O)=C(Sc3ccncc3)CC[C@H]12)c1nsc(N)n1. The lowest BCUT2D eigenvalue weighted by atomic mass is 9.86. The molecule has 0 aromatic carbocycles. The average molecular weight is 476 g/mol. The Kier molecular flexibility index (Phi) is 6.05. The predicted molar refractivity (Wildman–Crippen MR) is 114 cm³/mol. The summed E-state index contributed by atoms with van der Waals surface area (Å²) >= 11 is 2.17. The van der Waals surface area contributed by atoms with Crippen LogP contribution in [0.4, 0.5) is 5.13 Å². The molecule has 0 bridgehead atoms. The summed E-state index contributed by atoms with van der Waals surface area (Å²) in [5.74, 6) is -2.47. The van der Waals surface area contributed by atoms with Gasteiger partial charge in [-0.05, 0) is 25.0 Å². The van der Waals surface area contributed by atoms with Gasteiger partial charge in [0.15, 0.2) is 5.13 Å². The fraction of sp³-hybridized carbons (Fsp3) is 0.278. The van der Waals surface area contributed by atoms with Crippen molar-refractivity contribution in [3.8, 4) is 0 Å². The summed E-state index contributed by atoms with van der Waals surface area (Å²) in [6.45, 7) is 0. The number of oxime groups is 1. The third-order valence-corrected chi connectivity index (χ3v) is 6.52. The fourth-order valence-electron chi connectivity index (χ4n) is 3.49. The second-order valence-electron chi connectivity index (χ2n) is 6.71. The molecular weight excluding hydrogens is 458 g/mol. The van der Waals surface area contributed by atoms with Crippen molar-refractivity contribution in [2.75, 3.05) is 12.8 Å². The maximum atomic E-state index is 12.8. The number of carbonyl (C=O) groups is 3. The Bertz CT molecular complexity index is 1130. The molecule has 0 spiro atoms. The Morgan fingerprint density at radius 2 is 2.16 bits per heavy atom. The number of pyridine rings is 1. The number of aromatic nitrogens is 3. The van der Waals surface area contributed by atoms with Crippen LogP contribution in [0.25, 0.3) is 0 Å². The number of thioether (sulfide) groups is 1. The average Bonchev–Trinajstić information content (AvgIpc) is 3.21. The molecule has 2 aromatic rings. The van der Waals surface area contributed by atoms with Gasteiger partial charge in [-0.25, -0.2) is 4.79 Å². The maximum Gasteiger partial charge on any atom is 0.353 e. The Labute approximate surface area is 189 Å². The summed E-state index contributed by atoms with van der Waals surface area (Å²) in [6.07, 6.45) is 4.15. The second kappa shape index (κ2) is 8.92. The van der Waals surface area contributed by atoms with E-state index in [0.717, 1.165) is 16.4 Å². The first-order chi connectivity index (χ1) is 15.4. The monoisotopic (exact) mass is 475 g/mol. The lowest BCUT2D eigenvalue weighted by Gasteiger charge is -2.50. The first-order valence-electron chi connectivity index (χ1n) is 9.29. The van der Waals surface area contributed by atoms with Crippen molar-refractivity contribution >= 4 is 51.9 Å². The third kappa shape index (κ3) is 4.01.